The highest BCUT2D eigenvalue weighted by atomic mass is 31.2. The zero-order valence-corrected chi connectivity index (χ0v) is 28.2. The van der Waals surface area contributed by atoms with Gasteiger partial charge in [0.05, 0.1) is 39.9 Å². The molecule has 0 saturated carbocycles. The Morgan fingerprint density at radius 3 is 1.95 bits per heavy atom. The van der Waals surface area contributed by atoms with Crippen LogP contribution in [0.15, 0.2) is 12.2 Å². The molecular weight excluding hydrogens is 539 g/mol. The Bertz CT molecular complexity index is 698. The number of aliphatic hydroxyl groups is 1. The van der Waals surface area contributed by atoms with E-state index < -0.39 is 20.0 Å². The molecule has 8 nitrogen and oxygen atoms in total. The summed E-state index contributed by atoms with van der Waals surface area (Å²) in [6, 6.07) is -0.756. The van der Waals surface area contributed by atoms with E-state index >= 15 is 0 Å². The molecular formula is C32H66N2O6P+. The molecule has 0 aliphatic carbocycles. The van der Waals surface area contributed by atoms with Gasteiger partial charge in [-0.1, -0.05) is 109 Å². The standard InChI is InChI=1S/C32H65N2O6P/c1-6-8-10-12-14-16-17-18-20-22-24-26-32(36)33-30(29-40-41(37,38)39-28-27-34(3,4)5)31(35)25-23-21-19-15-13-11-9-7-2/h12,14,30-31,35H,6-11,13,15-29H2,1-5H3,(H-,33,36,37,38)/p+1/b14-12-. The van der Waals surface area contributed by atoms with Crippen molar-refractivity contribution in [3.63, 3.8) is 0 Å². The molecule has 0 aromatic heterocycles. The molecule has 0 bridgehead atoms. The summed E-state index contributed by atoms with van der Waals surface area (Å²) in [5, 5.41) is 13.7. The van der Waals surface area contributed by atoms with E-state index in [2.05, 4.69) is 31.3 Å². The van der Waals surface area contributed by atoms with Crippen LogP contribution in [0, 0.1) is 0 Å². The summed E-state index contributed by atoms with van der Waals surface area (Å²) in [7, 11) is 1.60. The summed E-state index contributed by atoms with van der Waals surface area (Å²) in [6.45, 7) is 4.77. The van der Waals surface area contributed by atoms with Gasteiger partial charge < -0.3 is 19.8 Å². The molecule has 1 amide bonds. The first kappa shape index (κ1) is 40.2. The number of phosphoric ester groups is 1. The predicted molar refractivity (Wildman–Crippen MR) is 171 cm³/mol. The van der Waals surface area contributed by atoms with Gasteiger partial charge in [-0.3, -0.25) is 13.8 Å². The number of phosphoric acid groups is 1. The number of carbonyl (C=O) groups is 1. The van der Waals surface area contributed by atoms with Gasteiger partial charge in [-0.25, -0.2) is 4.57 Å². The maximum atomic E-state index is 12.7. The van der Waals surface area contributed by atoms with Crippen molar-refractivity contribution in [2.45, 2.75) is 148 Å². The topological polar surface area (TPSA) is 105 Å². The number of allylic oxidation sites excluding steroid dienone is 2. The SMILES string of the molecule is CCCC/C=C\CCCCCCCC(=O)NC(COP(=O)(O)OCC[N+](C)(C)C)C(O)CCCCCCCCCC. The van der Waals surface area contributed by atoms with E-state index in [0.717, 1.165) is 51.4 Å². The fourth-order valence-corrected chi connectivity index (χ4v) is 5.23. The molecule has 9 heteroatoms. The number of likely N-dealkylation sites (N-methyl/N-ethyl adjacent to an activating group) is 1. The zero-order chi connectivity index (χ0) is 30.8. The van der Waals surface area contributed by atoms with Crippen molar-refractivity contribution in [3.05, 3.63) is 12.2 Å². The Kier molecular flexibility index (Phi) is 25.2. The molecule has 0 heterocycles. The normalized spacial score (nSPS) is 15.2. The van der Waals surface area contributed by atoms with E-state index in [1.807, 2.05) is 21.1 Å². The second-order valence-electron chi connectivity index (χ2n) is 12.5. The largest absolute Gasteiger partial charge is 0.472 e. The van der Waals surface area contributed by atoms with Crippen molar-refractivity contribution in [1.82, 2.24) is 5.32 Å². The van der Waals surface area contributed by atoms with Gasteiger partial charge in [0.25, 0.3) is 0 Å². The average Bonchev–Trinajstić information content (AvgIpc) is 2.90. The average molecular weight is 606 g/mol. The molecule has 0 aromatic rings. The molecule has 0 spiro atoms. The highest BCUT2D eigenvalue weighted by molar-refractivity contribution is 7.47. The van der Waals surface area contributed by atoms with Gasteiger partial charge in [0.2, 0.25) is 5.91 Å². The molecule has 3 atom stereocenters. The number of nitrogens with one attached hydrogen (secondary N) is 1. The zero-order valence-electron chi connectivity index (χ0n) is 27.3. The lowest BCUT2D eigenvalue weighted by molar-refractivity contribution is -0.870. The van der Waals surface area contributed by atoms with Crippen molar-refractivity contribution in [3.8, 4) is 0 Å². The van der Waals surface area contributed by atoms with Crippen molar-refractivity contribution in [1.29, 1.82) is 0 Å². The summed E-state index contributed by atoms with van der Waals surface area (Å²) >= 11 is 0. The van der Waals surface area contributed by atoms with Gasteiger partial charge in [-0.15, -0.1) is 0 Å². The first-order valence-electron chi connectivity index (χ1n) is 16.6. The maximum Gasteiger partial charge on any atom is 0.472 e. The third kappa shape index (κ3) is 27.8. The fraction of sp³-hybridized carbons (Fsp3) is 0.906. The number of unbranched alkanes of at least 4 members (excludes halogenated alkanes) is 14. The number of hydrogen-bond donors (Lipinski definition) is 3. The van der Waals surface area contributed by atoms with Gasteiger partial charge >= 0.3 is 7.82 Å². The van der Waals surface area contributed by atoms with Crippen molar-refractivity contribution < 1.29 is 32.9 Å². The lowest BCUT2D eigenvalue weighted by Crippen LogP contribution is -2.46. The minimum atomic E-state index is -4.29. The number of amides is 1. The lowest BCUT2D eigenvalue weighted by atomic mass is 10.0. The summed E-state index contributed by atoms with van der Waals surface area (Å²) in [4.78, 5) is 22.8. The van der Waals surface area contributed by atoms with Crippen LogP contribution in [0.1, 0.15) is 136 Å². The molecule has 0 aromatic carbocycles. The maximum absolute atomic E-state index is 12.7. The lowest BCUT2D eigenvalue weighted by Gasteiger charge is -2.26. The Balaban J connectivity index is 4.56. The predicted octanol–water partition coefficient (Wildman–Crippen LogP) is 7.68. The van der Waals surface area contributed by atoms with E-state index in [1.165, 1.54) is 57.8 Å². The second kappa shape index (κ2) is 25.7. The number of nitrogens with zero attached hydrogens (tertiary/aromatic N) is 1. The Hall–Kier alpha value is -0.760. The first-order chi connectivity index (χ1) is 19.5. The Labute approximate surface area is 252 Å². The Morgan fingerprint density at radius 2 is 1.34 bits per heavy atom. The van der Waals surface area contributed by atoms with Crippen LogP contribution in [0.25, 0.3) is 0 Å². The van der Waals surface area contributed by atoms with Crippen LogP contribution in [-0.4, -0.2) is 73.4 Å². The Morgan fingerprint density at radius 1 is 0.805 bits per heavy atom. The van der Waals surface area contributed by atoms with Gasteiger partial charge in [-0.05, 0) is 32.1 Å². The number of carbonyl (C=O) groups excluding carboxylic acids is 1. The minimum Gasteiger partial charge on any atom is -0.391 e. The molecule has 3 N–H and O–H groups in total. The van der Waals surface area contributed by atoms with Crippen LogP contribution < -0.4 is 5.32 Å². The molecule has 0 aliphatic heterocycles. The van der Waals surface area contributed by atoms with Crippen LogP contribution in [0.4, 0.5) is 0 Å². The van der Waals surface area contributed by atoms with Crippen molar-refractivity contribution in [2.75, 3.05) is 40.9 Å². The molecule has 244 valence electrons. The van der Waals surface area contributed by atoms with E-state index in [1.54, 1.807) is 0 Å². The van der Waals surface area contributed by atoms with E-state index in [4.69, 9.17) is 9.05 Å². The van der Waals surface area contributed by atoms with Crippen molar-refractivity contribution in [2.24, 2.45) is 0 Å². The molecule has 41 heavy (non-hydrogen) atoms. The third-order valence-corrected chi connectivity index (χ3v) is 8.25. The van der Waals surface area contributed by atoms with E-state index in [-0.39, 0.29) is 19.1 Å². The van der Waals surface area contributed by atoms with Crippen LogP contribution in [0.3, 0.4) is 0 Å². The van der Waals surface area contributed by atoms with Gasteiger partial charge in [-0.2, -0.15) is 0 Å². The van der Waals surface area contributed by atoms with E-state index in [0.29, 0.717) is 23.9 Å². The highest BCUT2D eigenvalue weighted by Gasteiger charge is 2.28. The number of hydrogen-bond acceptors (Lipinski definition) is 5. The highest BCUT2D eigenvalue weighted by Crippen LogP contribution is 2.43. The smallest absolute Gasteiger partial charge is 0.391 e. The molecule has 0 saturated heterocycles. The minimum absolute atomic E-state index is 0.0737. The number of quaternary nitrogens is 1. The molecule has 0 aliphatic rings. The van der Waals surface area contributed by atoms with Crippen LogP contribution >= 0.6 is 7.82 Å². The summed E-state index contributed by atoms with van der Waals surface area (Å²) < 4.78 is 23.3. The monoisotopic (exact) mass is 605 g/mol. The first-order valence-corrected chi connectivity index (χ1v) is 18.0. The third-order valence-electron chi connectivity index (χ3n) is 7.26. The van der Waals surface area contributed by atoms with Crippen LogP contribution in [0.5, 0.6) is 0 Å². The second-order valence-corrected chi connectivity index (χ2v) is 14.0. The number of rotatable bonds is 29. The molecule has 3 unspecified atom stereocenters. The number of aliphatic hydroxyl groups excluding tert-OH is 1. The fourth-order valence-electron chi connectivity index (χ4n) is 4.49. The van der Waals surface area contributed by atoms with Gasteiger partial charge in [0, 0.05) is 6.42 Å². The van der Waals surface area contributed by atoms with Gasteiger partial charge in [0.15, 0.2) is 0 Å². The summed E-state index contributed by atoms with van der Waals surface area (Å²) in [5.74, 6) is -0.161. The molecule has 0 fully saturated rings. The van der Waals surface area contributed by atoms with Crippen LogP contribution in [-0.2, 0) is 18.4 Å². The molecule has 0 radical (unpaired) electrons. The van der Waals surface area contributed by atoms with Crippen LogP contribution in [0.2, 0.25) is 0 Å². The quantitative estimate of drug-likeness (QED) is 0.0350. The van der Waals surface area contributed by atoms with Crippen molar-refractivity contribution >= 4 is 13.7 Å². The van der Waals surface area contributed by atoms with Gasteiger partial charge in [0.1, 0.15) is 13.2 Å². The molecule has 0 rings (SSSR count). The summed E-state index contributed by atoms with van der Waals surface area (Å²) in [6.07, 6.45) is 23.8. The van der Waals surface area contributed by atoms with E-state index in [9.17, 15) is 19.4 Å². The summed E-state index contributed by atoms with van der Waals surface area (Å²) in [5.41, 5.74) is 0.